The quantitative estimate of drug-likeness (QED) is 0.650. The van der Waals surface area contributed by atoms with Gasteiger partial charge in [-0.15, -0.1) is 0 Å². The zero-order chi connectivity index (χ0) is 13.7. The third-order valence-corrected chi connectivity index (χ3v) is 3.02. The summed E-state index contributed by atoms with van der Waals surface area (Å²) in [6.07, 6.45) is 0.943. The van der Waals surface area contributed by atoms with Crippen LogP contribution in [-0.4, -0.2) is 32.4 Å². The minimum Gasteiger partial charge on any atom is -0.492 e. The van der Waals surface area contributed by atoms with Gasteiger partial charge in [-0.2, -0.15) is 0 Å². The number of esters is 1. The van der Waals surface area contributed by atoms with Crippen molar-refractivity contribution in [1.29, 1.82) is 0 Å². The van der Waals surface area contributed by atoms with E-state index in [0.29, 0.717) is 42.7 Å². The first-order valence-corrected chi connectivity index (χ1v) is 6.48. The molecule has 0 saturated carbocycles. The Hall–Kier alpha value is -1.75. The Bertz CT molecular complexity index is 441. The second-order valence-corrected chi connectivity index (χ2v) is 4.51. The second kappa shape index (κ2) is 6.43. The van der Waals surface area contributed by atoms with Crippen LogP contribution in [0.5, 0.6) is 5.75 Å². The van der Waals surface area contributed by atoms with Gasteiger partial charge >= 0.3 is 5.97 Å². The fourth-order valence-corrected chi connectivity index (χ4v) is 1.95. The zero-order valence-corrected chi connectivity index (χ0v) is 11.1. The lowest BCUT2D eigenvalue weighted by molar-refractivity contribution is 0.0428. The van der Waals surface area contributed by atoms with Crippen LogP contribution in [0.3, 0.4) is 0 Å². The number of hydrogen-bond donors (Lipinski definition) is 1. The molecule has 1 unspecified atom stereocenters. The number of anilines is 1. The molecule has 1 fully saturated rings. The number of ether oxygens (including phenoxy) is 3. The fourth-order valence-electron chi connectivity index (χ4n) is 1.95. The third kappa shape index (κ3) is 3.61. The van der Waals surface area contributed by atoms with E-state index in [4.69, 9.17) is 19.9 Å². The molecule has 0 amide bonds. The summed E-state index contributed by atoms with van der Waals surface area (Å²) in [5.74, 6) is 0.536. The van der Waals surface area contributed by atoms with Crippen LogP contribution in [0.25, 0.3) is 0 Å². The largest absolute Gasteiger partial charge is 0.492 e. The first-order valence-electron chi connectivity index (χ1n) is 6.48. The first-order chi connectivity index (χ1) is 9.20. The van der Waals surface area contributed by atoms with Crippen molar-refractivity contribution in [2.75, 3.05) is 32.2 Å². The normalized spacial score (nSPS) is 18.3. The monoisotopic (exact) mass is 265 g/mol. The van der Waals surface area contributed by atoms with Crippen LogP contribution in [0, 0.1) is 5.92 Å². The molecule has 0 aromatic heterocycles. The van der Waals surface area contributed by atoms with Crippen LogP contribution in [0.2, 0.25) is 0 Å². The molecule has 1 aliphatic rings. The fraction of sp³-hybridized carbons (Fsp3) is 0.500. The standard InChI is InChI=1S/C14H19NO4/c1-2-18-13-4-3-11(7-12(13)15)14(16)19-9-10-5-6-17-8-10/h3-4,7,10H,2,5-6,8-9,15H2,1H3. The number of carbonyl (C=O) groups is 1. The highest BCUT2D eigenvalue weighted by atomic mass is 16.5. The Balaban J connectivity index is 1.92. The molecule has 1 aliphatic heterocycles. The Kier molecular flexibility index (Phi) is 4.63. The Morgan fingerprint density at radius 1 is 1.53 bits per heavy atom. The SMILES string of the molecule is CCOc1ccc(C(=O)OCC2CCOC2)cc1N. The maximum absolute atomic E-state index is 11.9. The molecule has 0 aliphatic carbocycles. The predicted molar refractivity (Wildman–Crippen MR) is 71.2 cm³/mol. The summed E-state index contributed by atoms with van der Waals surface area (Å²) in [4.78, 5) is 11.9. The van der Waals surface area contributed by atoms with Gasteiger partial charge in [0.15, 0.2) is 0 Å². The van der Waals surface area contributed by atoms with Gasteiger partial charge in [-0.3, -0.25) is 0 Å². The molecule has 0 radical (unpaired) electrons. The van der Waals surface area contributed by atoms with Gasteiger partial charge in [-0.25, -0.2) is 4.79 Å². The third-order valence-electron chi connectivity index (χ3n) is 3.02. The molecule has 5 nitrogen and oxygen atoms in total. The number of hydrogen-bond acceptors (Lipinski definition) is 5. The summed E-state index contributed by atoms with van der Waals surface area (Å²) in [5.41, 5.74) is 6.70. The number of rotatable bonds is 5. The van der Waals surface area contributed by atoms with Crippen LogP contribution in [0.15, 0.2) is 18.2 Å². The second-order valence-electron chi connectivity index (χ2n) is 4.51. The minimum atomic E-state index is -0.360. The molecule has 2 N–H and O–H groups in total. The number of benzene rings is 1. The summed E-state index contributed by atoms with van der Waals surface area (Å²) in [5, 5.41) is 0. The number of nitrogens with two attached hydrogens (primary N) is 1. The van der Waals surface area contributed by atoms with E-state index in [0.717, 1.165) is 13.0 Å². The van der Waals surface area contributed by atoms with Crippen molar-refractivity contribution >= 4 is 11.7 Å². The summed E-state index contributed by atoms with van der Waals surface area (Å²) >= 11 is 0. The molecule has 0 bridgehead atoms. The van der Waals surface area contributed by atoms with Crippen molar-refractivity contribution in [3.8, 4) is 5.75 Å². The molecule has 1 saturated heterocycles. The van der Waals surface area contributed by atoms with Crippen molar-refractivity contribution in [1.82, 2.24) is 0 Å². The topological polar surface area (TPSA) is 70.8 Å². The van der Waals surface area contributed by atoms with Gasteiger partial charge in [0.05, 0.1) is 31.1 Å². The lowest BCUT2D eigenvalue weighted by Crippen LogP contribution is -2.14. The summed E-state index contributed by atoms with van der Waals surface area (Å²) in [6, 6.07) is 4.93. The number of carbonyl (C=O) groups excluding carboxylic acids is 1. The lowest BCUT2D eigenvalue weighted by atomic mass is 10.1. The molecule has 5 heteroatoms. The Morgan fingerprint density at radius 2 is 2.37 bits per heavy atom. The average molecular weight is 265 g/mol. The maximum atomic E-state index is 11.9. The molecular formula is C14H19NO4. The van der Waals surface area contributed by atoms with Gasteiger partial charge in [-0.05, 0) is 31.5 Å². The van der Waals surface area contributed by atoms with Crippen molar-refractivity contribution in [2.45, 2.75) is 13.3 Å². The molecule has 1 aromatic carbocycles. The minimum absolute atomic E-state index is 0.309. The van der Waals surface area contributed by atoms with Gasteiger partial charge in [0.1, 0.15) is 5.75 Å². The van der Waals surface area contributed by atoms with Gasteiger partial charge < -0.3 is 19.9 Å². The molecule has 1 heterocycles. The first kappa shape index (κ1) is 13.7. The lowest BCUT2D eigenvalue weighted by Gasteiger charge is -2.11. The van der Waals surface area contributed by atoms with E-state index < -0.39 is 0 Å². The van der Waals surface area contributed by atoms with Crippen molar-refractivity contribution in [3.63, 3.8) is 0 Å². The van der Waals surface area contributed by atoms with Crippen molar-refractivity contribution < 1.29 is 19.0 Å². The summed E-state index contributed by atoms with van der Waals surface area (Å²) in [7, 11) is 0. The van der Waals surface area contributed by atoms with Gasteiger partial charge in [0.25, 0.3) is 0 Å². The zero-order valence-electron chi connectivity index (χ0n) is 11.1. The van der Waals surface area contributed by atoms with E-state index in [1.165, 1.54) is 0 Å². The van der Waals surface area contributed by atoms with Crippen LogP contribution >= 0.6 is 0 Å². The summed E-state index contributed by atoms with van der Waals surface area (Å²) < 4.78 is 15.8. The molecule has 2 rings (SSSR count). The molecule has 1 aromatic rings. The van der Waals surface area contributed by atoms with Gasteiger partial charge in [0.2, 0.25) is 0 Å². The molecule has 19 heavy (non-hydrogen) atoms. The van der Waals surface area contributed by atoms with E-state index in [1.54, 1.807) is 18.2 Å². The van der Waals surface area contributed by atoms with Crippen LogP contribution < -0.4 is 10.5 Å². The number of nitrogen functional groups attached to an aromatic ring is 1. The smallest absolute Gasteiger partial charge is 0.338 e. The van der Waals surface area contributed by atoms with Gasteiger partial charge in [0, 0.05) is 12.5 Å². The van der Waals surface area contributed by atoms with E-state index in [-0.39, 0.29) is 5.97 Å². The van der Waals surface area contributed by atoms with Crippen LogP contribution in [0.1, 0.15) is 23.7 Å². The molecule has 0 spiro atoms. The Morgan fingerprint density at radius 3 is 3.00 bits per heavy atom. The van der Waals surface area contributed by atoms with E-state index in [2.05, 4.69) is 0 Å². The van der Waals surface area contributed by atoms with Gasteiger partial charge in [-0.1, -0.05) is 0 Å². The maximum Gasteiger partial charge on any atom is 0.338 e. The van der Waals surface area contributed by atoms with Crippen LogP contribution in [0.4, 0.5) is 5.69 Å². The van der Waals surface area contributed by atoms with E-state index in [1.807, 2.05) is 6.92 Å². The van der Waals surface area contributed by atoms with E-state index >= 15 is 0 Å². The predicted octanol–water partition coefficient (Wildman–Crippen LogP) is 1.86. The summed E-state index contributed by atoms with van der Waals surface area (Å²) in [6.45, 7) is 4.23. The van der Waals surface area contributed by atoms with Crippen LogP contribution in [-0.2, 0) is 9.47 Å². The molecule has 104 valence electrons. The van der Waals surface area contributed by atoms with Crippen molar-refractivity contribution in [3.05, 3.63) is 23.8 Å². The molecular weight excluding hydrogens is 246 g/mol. The highest BCUT2D eigenvalue weighted by Crippen LogP contribution is 2.23. The highest BCUT2D eigenvalue weighted by molar-refractivity contribution is 5.91. The molecule has 1 atom stereocenters. The highest BCUT2D eigenvalue weighted by Gasteiger charge is 2.18. The average Bonchev–Trinajstić information content (AvgIpc) is 2.91. The van der Waals surface area contributed by atoms with Crippen molar-refractivity contribution in [2.24, 2.45) is 5.92 Å². The van der Waals surface area contributed by atoms with E-state index in [9.17, 15) is 4.79 Å². The Labute approximate surface area is 112 Å².